The molecule has 0 saturated heterocycles. The van der Waals surface area contributed by atoms with Gasteiger partial charge >= 0.3 is 0 Å². The molecule has 0 aliphatic heterocycles. The van der Waals surface area contributed by atoms with E-state index in [0.717, 1.165) is 29.8 Å². The Kier molecular flexibility index (Phi) is 4.84. The standard InChI is InChI=1S/C18H24ClNO/c19-17-11-7-6-10-14(17)15-12-16(15)18(21)20-13-8-4-2-1-3-5-9-13/h6-7,10-11,13,15-16H,1-5,8-9,12H2,(H,20,21). The molecule has 2 aliphatic carbocycles. The zero-order chi connectivity index (χ0) is 14.7. The zero-order valence-corrected chi connectivity index (χ0v) is 13.2. The number of amides is 1. The Morgan fingerprint density at radius 3 is 2.43 bits per heavy atom. The van der Waals surface area contributed by atoms with Crippen LogP contribution in [0, 0.1) is 5.92 Å². The summed E-state index contributed by atoms with van der Waals surface area (Å²) < 4.78 is 0. The SMILES string of the molecule is O=C(NC1CCCCCCC1)C1CC1c1ccccc1Cl. The molecule has 2 nitrogen and oxygen atoms in total. The van der Waals surface area contributed by atoms with Crippen molar-refractivity contribution in [3.05, 3.63) is 34.9 Å². The Bertz CT molecular complexity index is 494. The van der Waals surface area contributed by atoms with E-state index in [1.54, 1.807) is 0 Å². The van der Waals surface area contributed by atoms with Crippen molar-refractivity contribution in [3.8, 4) is 0 Å². The Hall–Kier alpha value is -1.02. The van der Waals surface area contributed by atoms with Crippen LogP contribution in [0.2, 0.25) is 5.02 Å². The van der Waals surface area contributed by atoms with Crippen LogP contribution in [0.1, 0.15) is 62.8 Å². The van der Waals surface area contributed by atoms with Crippen molar-refractivity contribution in [3.63, 3.8) is 0 Å². The fourth-order valence-corrected chi connectivity index (χ4v) is 3.79. The monoisotopic (exact) mass is 305 g/mol. The van der Waals surface area contributed by atoms with Gasteiger partial charge in [0.25, 0.3) is 0 Å². The molecule has 1 N–H and O–H groups in total. The summed E-state index contributed by atoms with van der Waals surface area (Å²) in [4.78, 5) is 12.4. The summed E-state index contributed by atoms with van der Waals surface area (Å²) in [5.41, 5.74) is 1.14. The van der Waals surface area contributed by atoms with Crippen LogP contribution in [-0.4, -0.2) is 11.9 Å². The number of carbonyl (C=O) groups excluding carboxylic acids is 1. The maximum atomic E-state index is 12.4. The fourth-order valence-electron chi connectivity index (χ4n) is 3.51. The number of benzene rings is 1. The van der Waals surface area contributed by atoms with Crippen molar-refractivity contribution in [1.29, 1.82) is 0 Å². The normalized spacial score (nSPS) is 26.7. The number of carbonyl (C=O) groups is 1. The van der Waals surface area contributed by atoms with Gasteiger partial charge in [-0.25, -0.2) is 0 Å². The van der Waals surface area contributed by atoms with Crippen molar-refractivity contribution < 1.29 is 4.79 Å². The van der Waals surface area contributed by atoms with Crippen LogP contribution >= 0.6 is 11.6 Å². The highest BCUT2D eigenvalue weighted by Crippen LogP contribution is 2.49. The zero-order valence-electron chi connectivity index (χ0n) is 12.5. The molecule has 0 spiro atoms. The highest BCUT2D eigenvalue weighted by Gasteiger charge is 2.45. The molecule has 2 saturated carbocycles. The highest BCUT2D eigenvalue weighted by molar-refractivity contribution is 6.31. The number of halogens is 1. The van der Waals surface area contributed by atoms with Gasteiger partial charge in [-0.2, -0.15) is 0 Å². The van der Waals surface area contributed by atoms with E-state index >= 15 is 0 Å². The summed E-state index contributed by atoms with van der Waals surface area (Å²) in [6.07, 6.45) is 9.74. The first-order chi connectivity index (χ1) is 10.3. The number of nitrogens with one attached hydrogen (secondary N) is 1. The summed E-state index contributed by atoms with van der Waals surface area (Å²) in [6, 6.07) is 8.31. The van der Waals surface area contributed by atoms with Crippen molar-refractivity contribution in [2.24, 2.45) is 5.92 Å². The van der Waals surface area contributed by atoms with E-state index in [1.165, 1.54) is 32.1 Å². The predicted octanol–water partition coefficient (Wildman–Crippen LogP) is 4.67. The average Bonchev–Trinajstić information content (AvgIpc) is 3.22. The van der Waals surface area contributed by atoms with Gasteiger partial charge in [-0.05, 0) is 36.8 Å². The van der Waals surface area contributed by atoms with E-state index in [9.17, 15) is 4.79 Å². The average molecular weight is 306 g/mol. The molecule has 114 valence electrons. The van der Waals surface area contributed by atoms with Crippen LogP contribution in [-0.2, 0) is 4.79 Å². The molecule has 1 amide bonds. The molecule has 3 rings (SSSR count). The third kappa shape index (κ3) is 3.79. The topological polar surface area (TPSA) is 29.1 Å². The molecule has 2 unspecified atom stereocenters. The van der Waals surface area contributed by atoms with Gasteiger partial charge in [0.2, 0.25) is 5.91 Å². The molecular formula is C18H24ClNO. The van der Waals surface area contributed by atoms with E-state index < -0.39 is 0 Å². The molecule has 3 heteroatoms. The lowest BCUT2D eigenvalue weighted by atomic mass is 9.96. The Morgan fingerprint density at radius 1 is 1.05 bits per heavy atom. The lowest BCUT2D eigenvalue weighted by Crippen LogP contribution is -2.36. The smallest absolute Gasteiger partial charge is 0.223 e. The summed E-state index contributed by atoms with van der Waals surface area (Å²) in [6.45, 7) is 0. The lowest BCUT2D eigenvalue weighted by molar-refractivity contribution is -0.123. The summed E-state index contributed by atoms with van der Waals surface area (Å²) in [7, 11) is 0. The Morgan fingerprint density at radius 2 is 1.71 bits per heavy atom. The molecule has 1 aromatic carbocycles. The van der Waals surface area contributed by atoms with Crippen LogP contribution in [0.15, 0.2) is 24.3 Å². The minimum absolute atomic E-state index is 0.135. The number of hydrogen-bond acceptors (Lipinski definition) is 1. The first-order valence-corrected chi connectivity index (χ1v) is 8.68. The molecule has 0 heterocycles. The molecule has 0 radical (unpaired) electrons. The molecule has 2 aliphatic rings. The second-order valence-electron chi connectivity index (χ2n) is 6.52. The van der Waals surface area contributed by atoms with E-state index in [1.807, 2.05) is 18.2 Å². The van der Waals surface area contributed by atoms with Crippen LogP contribution in [0.4, 0.5) is 0 Å². The van der Waals surface area contributed by atoms with Gasteiger partial charge in [-0.15, -0.1) is 0 Å². The predicted molar refractivity (Wildman–Crippen MR) is 86.5 cm³/mol. The largest absolute Gasteiger partial charge is 0.353 e. The first kappa shape index (κ1) is 14.9. The quantitative estimate of drug-likeness (QED) is 0.863. The first-order valence-electron chi connectivity index (χ1n) is 8.30. The van der Waals surface area contributed by atoms with Gasteiger partial charge in [0, 0.05) is 17.0 Å². The molecule has 0 aromatic heterocycles. The maximum Gasteiger partial charge on any atom is 0.223 e. The van der Waals surface area contributed by atoms with E-state index in [2.05, 4.69) is 11.4 Å². The Balaban J connectivity index is 1.54. The van der Waals surface area contributed by atoms with Crippen LogP contribution in [0.3, 0.4) is 0 Å². The minimum Gasteiger partial charge on any atom is -0.353 e. The third-order valence-electron chi connectivity index (χ3n) is 4.88. The fraction of sp³-hybridized carbons (Fsp3) is 0.611. The summed E-state index contributed by atoms with van der Waals surface area (Å²) in [5, 5.41) is 4.08. The maximum absolute atomic E-state index is 12.4. The van der Waals surface area contributed by atoms with Crippen molar-refractivity contribution in [2.45, 2.75) is 63.3 Å². The second kappa shape index (κ2) is 6.83. The van der Waals surface area contributed by atoms with Gasteiger partial charge in [0.05, 0.1) is 0 Å². The molecule has 2 atom stereocenters. The molecule has 0 bridgehead atoms. The van der Waals surface area contributed by atoms with E-state index in [0.29, 0.717) is 12.0 Å². The molecule has 2 fully saturated rings. The van der Waals surface area contributed by atoms with Crippen LogP contribution in [0.5, 0.6) is 0 Å². The van der Waals surface area contributed by atoms with E-state index in [4.69, 9.17) is 11.6 Å². The molecular weight excluding hydrogens is 282 g/mol. The van der Waals surface area contributed by atoms with Gasteiger partial charge in [0.1, 0.15) is 0 Å². The second-order valence-corrected chi connectivity index (χ2v) is 6.93. The number of rotatable bonds is 3. The van der Waals surface area contributed by atoms with Crippen LogP contribution < -0.4 is 5.32 Å². The highest BCUT2D eigenvalue weighted by atomic mass is 35.5. The van der Waals surface area contributed by atoms with Gasteiger partial charge in [0.15, 0.2) is 0 Å². The lowest BCUT2D eigenvalue weighted by Gasteiger charge is -2.21. The third-order valence-corrected chi connectivity index (χ3v) is 5.23. The minimum atomic E-state index is 0.135. The van der Waals surface area contributed by atoms with E-state index in [-0.39, 0.29) is 11.8 Å². The van der Waals surface area contributed by atoms with Crippen molar-refractivity contribution >= 4 is 17.5 Å². The summed E-state index contributed by atoms with van der Waals surface area (Å²) in [5.74, 6) is 0.702. The number of hydrogen-bond donors (Lipinski definition) is 1. The van der Waals surface area contributed by atoms with Crippen molar-refractivity contribution in [1.82, 2.24) is 5.32 Å². The Labute approximate surface area is 132 Å². The van der Waals surface area contributed by atoms with Gasteiger partial charge in [-0.3, -0.25) is 4.79 Å². The molecule has 1 aromatic rings. The van der Waals surface area contributed by atoms with Crippen LogP contribution in [0.25, 0.3) is 0 Å². The summed E-state index contributed by atoms with van der Waals surface area (Å²) >= 11 is 6.23. The van der Waals surface area contributed by atoms with Gasteiger partial charge in [-0.1, -0.05) is 61.9 Å². The van der Waals surface area contributed by atoms with Gasteiger partial charge < -0.3 is 5.32 Å². The molecule has 21 heavy (non-hydrogen) atoms. The van der Waals surface area contributed by atoms with Crippen molar-refractivity contribution in [2.75, 3.05) is 0 Å².